The highest BCUT2D eigenvalue weighted by molar-refractivity contribution is 5.74. The Morgan fingerprint density at radius 2 is 2.11 bits per heavy atom. The fraction of sp³-hybridized carbons (Fsp3) is 0.846. The first-order chi connectivity index (χ1) is 9.06. The van der Waals surface area contributed by atoms with E-state index in [0.29, 0.717) is 13.1 Å². The van der Waals surface area contributed by atoms with Crippen molar-refractivity contribution in [1.29, 1.82) is 0 Å². The van der Waals surface area contributed by atoms with Crippen LogP contribution in [0.2, 0.25) is 0 Å². The van der Waals surface area contributed by atoms with Crippen LogP contribution in [0.3, 0.4) is 0 Å². The van der Waals surface area contributed by atoms with E-state index < -0.39 is 5.97 Å². The largest absolute Gasteiger partial charge is 0.481 e. The van der Waals surface area contributed by atoms with Crippen LogP contribution in [0.25, 0.3) is 0 Å². The van der Waals surface area contributed by atoms with Crippen LogP contribution in [0.4, 0.5) is 4.79 Å². The van der Waals surface area contributed by atoms with Crippen LogP contribution in [0.5, 0.6) is 0 Å². The lowest BCUT2D eigenvalue weighted by Gasteiger charge is -2.21. The van der Waals surface area contributed by atoms with E-state index in [0.717, 1.165) is 32.2 Å². The molecule has 1 rings (SSSR count). The average Bonchev–Trinajstić information content (AvgIpc) is 2.84. The Kier molecular flexibility index (Phi) is 6.62. The summed E-state index contributed by atoms with van der Waals surface area (Å²) < 4.78 is 0. The van der Waals surface area contributed by atoms with Crippen molar-refractivity contribution >= 4 is 12.0 Å². The predicted molar refractivity (Wildman–Crippen MR) is 73.0 cm³/mol. The number of carboxylic acid groups (broad SMARTS) is 1. The van der Waals surface area contributed by atoms with Gasteiger partial charge in [-0.05, 0) is 38.8 Å². The summed E-state index contributed by atoms with van der Waals surface area (Å²) in [6, 6.07) is -0.118. The summed E-state index contributed by atoms with van der Waals surface area (Å²) >= 11 is 0. The fourth-order valence-corrected chi connectivity index (χ4v) is 2.55. The van der Waals surface area contributed by atoms with Crippen molar-refractivity contribution in [3.05, 3.63) is 0 Å². The molecule has 6 heteroatoms. The molecule has 2 unspecified atom stereocenters. The zero-order chi connectivity index (χ0) is 14.3. The first kappa shape index (κ1) is 15.8. The van der Waals surface area contributed by atoms with E-state index in [9.17, 15) is 9.59 Å². The summed E-state index contributed by atoms with van der Waals surface area (Å²) in [5.41, 5.74) is 0. The molecule has 2 atom stereocenters. The van der Waals surface area contributed by atoms with Crippen molar-refractivity contribution < 1.29 is 14.7 Å². The molecular weight excluding hydrogens is 246 g/mol. The Hall–Kier alpha value is -1.30. The van der Waals surface area contributed by atoms with Gasteiger partial charge in [-0.25, -0.2) is 4.79 Å². The number of hydrogen-bond donors (Lipinski definition) is 3. The van der Waals surface area contributed by atoms with Gasteiger partial charge in [-0.3, -0.25) is 4.79 Å². The van der Waals surface area contributed by atoms with E-state index >= 15 is 0 Å². The number of carbonyl (C=O) groups excluding carboxylic acids is 1. The second-order valence-corrected chi connectivity index (χ2v) is 5.20. The first-order valence-corrected chi connectivity index (χ1v) is 6.92. The molecule has 19 heavy (non-hydrogen) atoms. The van der Waals surface area contributed by atoms with Crippen LogP contribution in [0, 0.1) is 11.8 Å². The number of aliphatic carboxylic acids is 1. The number of hydrogen-bond acceptors (Lipinski definition) is 3. The summed E-state index contributed by atoms with van der Waals surface area (Å²) in [4.78, 5) is 24.5. The molecule has 0 radical (unpaired) electrons. The van der Waals surface area contributed by atoms with E-state index in [4.69, 9.17) is 5.11 Å². The zero-order valence-electron chi connectivity index (χ0n) is 11.8. The van der Waals surface area contributed by atoms with E-state index in [-0.39, 0.29) is 17.9 Å². The SMILES string of the molecule is CNCCCN(C)C(=O)NCC1CCCC1C(=O)O. The lowest BCUT2D eigenvalue weighted by Crippen LogP contribution is -2.41. The van der Waals surface area contributed by atoms with E-state index in [2.05, 4.69) is 10.6 Å². The van der Waals surface area contributed by atoms with Crippen molar-refractivity contribution in [3.8, 4) is 0 Å². The summed E-state index contributed by atoms with van der Waals surface area (Å²) in [7, 11) is 3.64. The van der Waals surface area contributed by atoms with Gasteiger partial charge in [-0.15, -0.1) is 0 Å². The van der Waals surface area contributed by atoms with Gasteiger partial charge in [0.15, 0.2) is 0 Å². The molecule has 1 fully saturated rings. The molecule has 1 aliphatic rings. The first-order valence-electron chi connectivity index (χ1n) is 6.92. The normalized spacial score (nSPS) is 22.2. The van der Waals surface area contributed by atoms with Crippen LogP contribution < -0.4 is 10.6 Å². The van der Waals surface area contributed by atoms with Crippen molar-refractivity contribution in [1.82, 2.24) is 15.5 Å². The predicted octanol–water partition coefficient (Wildman–Crippen LogP) is 0.738. The third-order valence-corrected chi connectivity index (χ3v) is 3.76. The lowest BCUT2D eigenvalue weighted by atomic mass is 9.96. The van der Waals surface area contributed by atoms with Gasteiger partial charge in [0.2, 0.25) is 0 Å². The van der Waals surface area contributed by atoms with Gasteiger partial charge in [0.25, 0.3) is 0 Å². The fourth-order valence-electron chi connectivity index (χ4n) is 2.55. The highest BCUT2D eigenvalue weighted by Crippen LogP contribution is 2.31. The molecule has 0 spiro atoms. The highest BCUT2D eigenvalue weighted by atomic mass is 16.4. The maximum atomic E-state index is 11.8. The molecule has 1 aliphatic carbocycles. The molecule has 110 valence electrons. The van der Waals surface area contributed by atoms with Crippen LogP contribution >= 0.6 is 0 Å². The standard InChI is InChI=1S/C13H25N3O3/c1-14-7-4-8-16(2)13(19)15-9-10-5-3-6-11(10)12(17)18/h10-11,14H,3-9H2,1-2H3,(H,15,19)(H,17,18). The lowest BCUT2D eigenvalue weighted by molar-refractivity contribution is -0.142. The number of nitrogens with zero attached hydrogens (tertiary/aromatic N) is 1. The Morgan fingerprint density at radius 1 is 1.37 bits per heavy atom. The van der Waals surface area contributed by atoms with Crippen LogP contribution in [-0.2, 0) is 4.79 Å². The monoisotopic (exact) mass is 271 g/mol. The maximum Gasteiger partial charge on any atom is 0.317 e. The second-order valence-electron chi connectivity index (χ2n) is 5.20. The van der Waals surface area contributed by atoms with Crippen LogP contribution in [0.1, 0.15) is 25.7 Å². The number of nitrogens with one attached hydrogen (secondary N) is 2. The molecule has 0 aromatic carbocycles. The van der Waals surface area contributed by atoms with Crippen LogP contribution in [0.15, 0.2) is 0 Å². The van der Waals surface area contributed by atoms with Gasteiger partial charge in [-0.2, -0.15) is 0 Å². The molecule has 2 amide bonds. The average molecular weight is 271 g/mol. The van der Waals surface area contributed by atoms with E-state index in [1.165, 1.54) is 0 Å². The molecule has 6 nitrogen and oxygen atoms in total. The number of urea groups is 1. The van der Waals surface area contributed by atoms with Gasteiger partial charge in [0, 0.05) is 20.1 Å². The number of carboxylic acids is 1. The molecule has 3 N–H and O–H groups in total. The number of carbonyl (C=O) groups is 2. The third kappa shape index (κ3) is 5.06. The minimum absolute atomic E-state index is 0.0761. The maximum absolute atomic E-state index is 11.8. The Bertz CT molecular complexity index is 310. The molecule has 0 aliphatic heterocycles. The number of rotatable bonds is 7. The molecular formula is C13H25N3O3. The summed E-state index contributed by atoms with van der Waals surface area (Å²) in [5, 5.41) is 14.9. The smallest absolute Gasteiger partial charge is 0.317 e. The molecule has 0 saturated heterocycles. The minimum atomic E-state index is -0.737. The summed E-state index contributed by atoms with van der Waals surface area (Å²) in [6.07, 6.45) is 3.46. The van der Waals surface area contributed by atoms with Crippen molar-refractivity contribution in [2.45, 2.75) is 25.7 Å². The van der Waals surface area contributed by atoms with Gasteiger partial charge < -0.3 is 20.6 Å². The van der Waals surface area contributed by atoms with Gasteiger partial charge in [0.05, 0.1) is 5.92 Å². The van der Waals surface area contributed by atoms with Crippen molar-refractivity contribution in [3.63, 3.8) is 0 Å². The van der Waals surface area contributed by atoms with Gasteiger partial charge in [0.1, 0.15) is 0 Å². The third-order valence-electron chi connectivity index (χ3n) is 3.76. The van der Waals surface area contributed by atoms with Crippen LogP contribution in [-0.4, -0.2) is 55.7 Å². The molecule has 0 bridgehead atoms. The summed E-state index contributed by atoms with van der Waals surface area (Å²) in [6.45, 7) is 2.03. The van der Waals surface area contributed by atoms with E-state index in [1.807, 2.05) is 7.05 Å². The molecule has 0 heterocycles. The quantitative estimate of drug-likeness (QED) is 0.596. The van der Waals surface area contributed by atoms with Gasteiger partial charge in [-0.1, -0.05) is 6.42 Å². The van der Waals surface area contributed by atoms with Crippen molar-refractivity contribution in [2.75, 3.05) is 33.7 Å². The Morgan fingerprint density at radius 3 is 2.74 bits per heavy atom. The molecule has 0 aromatic heterocycles. The summed E-state index contributed by atoms with van der Waals surface area (Å²) in [5.74, 6) is -0.957. The zero-order valence-corrected chi connectivity index (χ0v) is 11.8. The van der Waals surface area contributed by atoms with Gasteiger partial charge >= 0.3 is 12.0 Å². The topological polar surface area (TPSA) is 81.7 Å². The Labute approximate surface area is 114 Å². The van der Waals surface area contributed by atoms with E-state index in [1.54, 1.807) is 11.9 Å². The number of amides is 2. The molecule has 0 aromatic rings. The second kappa shape index (κ2) is 7.99. The minimum Gasteiger partial charge on any atom is -0.481 e. The highest BCUT2D eigenvalue weighted by Gasteiger charge is 2.32. The van der Waals surface area contributed by atoms with Crippen molar-refractivity contribution in [2.24, 2.45) is 11.8 Å². The Balaban J connectivity index is 2.27. The molecule has 1 saturated carbocycles.